The molecule has 5 nitrogen and oxygen atoms in total. The van der Waals surface area contributed by atoms with Gasteiger partial charge in [0.15, 0.2) is 0 Å². The lowest BCUT2D eigenvalue weighted by Gasteiger charge is -2.36. The molecule has 0 amide bonds. The smallest absolute Gasteiger partial charge is 0.399 e. The van der Waals surface area contributed by atoms with Crippen molar-refractivity contribution in [3.05, 3.63) is 60.7 Å². The molecule has 0 bridgehead atoms. The maximum absolute atomic E-state index is 13.9. The highest BCUT2D eigenvalue weighted by Crippen LogP contribution is 2.51. The molecule has 0 saturated carbocycles. The molecule has 0 aliphatic carbocycles. The highest BCUT2D eigenvalue weighted by atomic mass is 31.2. The van der Waals surface area contributed by atoms with Crippen molar-refractivity contribution in [2.75, 3.05) is 0 Å². The monoisotopic (exact) mass is 430 g/mol. The third kappa shape index (κ3) is 7.53. The summed E-state index contributed by atoms with van der Waals surface area (Å²) in [6, 6.07) is 18.5. The molecule has 30 heavy (non-hydrogen) atoms. The van der Waals surface area contributed by atoms with Crippen LogP contribution in [-0.2, 0) is 4.57 Å². The van der Waals surface area contributed by atoms with Gasteiger partial charge in [-0.25, -0.2) is 4.57 Å². The average Bonchev–Trinajstić information content (AvgIpc) is 2.61. The fourth-order valence-electron chi connectivity index (χ4n) is 3.27. The molecule has 2 rings (SSSR count). The molecule has 6 heteroatoms. The molecule has 0 N–H and O–H groups in total. The van der Waals surface area contributed by atoms with Gasteiger partial charge >= 0.3 is 7.75 Å². The highest BCUT2D eigenvalue weighted by Gasteiger charge is 2.33. The van der Waals surface area contributed by atoms with E-state index in [0.717, 1.165) is 5.84 Å². The van der Waals surface area contributed by atoms with Gasteiger partial charge in [0.25, 0.3) is 0 Å². The zero-order valence-corrected chi connectivity index (χ0v) is 20.1. The molecule has 2 aromatic rings. The van der Waals surface area contributed by atoms with Crippen molar-refractivity contribution in [3.8, 4) is 11.5 Å². The number of hydrogen-bond donors (Lipinski definition) is 0. The second-order valence-electron chi connectivity index (χ2n) is 9.13. The van der Waals surface area contributed by atoms with Crippen molar-refractivity contribution in [2.24, 2.45) is 10.2 Å². The largest absolute Gasteiger partial charge is 0.564 e. The van der Waals surface area contributed by atoms with Gasteiger partial charge in [-0.2, -0.15) is 0 Å². The van der Waals surface area contributed by atoms with E-state index in [1.54, 1.807) is 24.3 Å². The van der Waals surface area contributed by atoms with Crippen LogP contribution < -0.4 is 9.05 Å². The Morgan fingerprint density at radius 1 is 0.867 bits per heavy atom. The molecule has 0 aliphatic heterocycles. The fourth-order valence-corrected chi connectivity index (χ4v) is 4.63. The van der Waals surface area contributed by atoms with Crippen molar-refractivity contribution in [1.29, 1.82) is 0 Å². The van der Waals surface area contributed by atoms with Crippen LogP contribution in [0.25, 0.3) is 0 Å². The van der Waals surface area contributed by atoms with Gasteiger partial charge in [0.05, 0.1) is 0 Å². The van der Waals surface area contributed by atoms with E-state index >= 15 is 0 Å². The summed E-state index contributed by atoms with van der Waals surface area (Å²) >= 11 is 0. The Morgan fingerprint density at radius 2 is 1.27 bits per heavy atom. The third-order valence-electron chi connectivity index (χ3n) is 4.27. The van der Waals surface area contributed by atoms with Gasteiger partial charge in [-0.05, 0) is 57.4 Å². The van der Waals surface area contributed by atoms with Gasteiger partial charge in [-0.3, -0.25) is 0 Å². The molecule has 0 aliphatic rings. The first-order chi connectivity index (χ1) is 14.0. The van der Waals surface area contributed by atoms with Crippen molar-refractivity contribution in [2.45, 2.75) is 67.0 Å². The lowest BCUT2D eigenvalue weighted by molar-refractivity contribution is 0.272. The fraction of sp³-hybridized carbons (Fsp3) is 0.458. The van der Waals surface area contributed by atoms with Gasteiger partial charge in [0.1, 0.15) is 17.3 Å². The normalized spacial score (nSPS) is 12.9. The van der Waals surface area contributed by atoms with E-state index in [9.17, 15) is 4.57 Å². The number of amidine groups is 1. The van der Waals surface area contributed by atoms with E-state index in [4.69, 9.17) is 9.05 Å². The van der Waals surface area contributed by atoms with Crippen LogP contribution in [0.4, 0.5) is 0 Å². The minimum Gasteiger partial charge on any atom is -0.399 e. The minimum absolute atomic E-state index is 0.0504. The van der Waals surface area contributed by atoms with Gasteiger partial charge in [0, 0.05) is 18.5 Å². The number of rotatable bonds is 8. The van der Waals surface area contributed by atoms with E-state index in [0.29, 0.717) is 17.9 Å². The topological polar surface area (TPSA) is 51.1 Å². The van der Waals surface area contributed by atoms with Crippen molar-refractivity contribution in [1.82, 2.24) is 4.90 Å². The molecule has 0 atom stereocenters. The molecule has 2 aromatic carbocycles. The second-order valence-corrected chi connectivity index (χ2v) is 10.6. The summed E-state index contributed by atoms with van der Waals surface area (Å²) in [5, 5.41) is 0. The predicted molar refractivity (Wildman–Crippen MR) is 125 cm³/mol. The minimum atomic E-state index is -3.89. The zero-order valence-electron chi connectivity index (χ0n) is 19.2. The Labute approximate surface area is 181 Å². The van der Waals surface area contributed by atoms with Gasteiger partial charge < -0.3 is 13.9 Å². The average molecular weight is 431 g/mol. The summed E-state index contributed by atoms with van der Waals surface area (Å²) in [6.45, 7) is 14.9. The van der Waals surface area contributed by atoms with E-state index < -0.39 is 7.75 Å². The first kappa shape index (κ1) is 24.0. The standard InChI is InChI=1S/C24H35N2O3P/c1-19(2)26(20(3)4)23(18-24(5,6)7)25-30(27,28-21-14-10-8-11-15-21)29-22-16-12-9-13-17-22/h8-17,19-20H,18H2,1-7H3/b25-23-. The van der Waals surface area contributed by atoms with Crippen LogP contribution in [0, 0.1) is 5.41 Å². The van der Waals surface area contributed by atoms with Crippen LogP contribution in [0.15, 0.2) is 65.4 Å². The van der Waals surface area contributed by atoms with Crippen molar-refractivity contribution in [3.63, 3.8) is 0 Å². The lowest BCUT2D eigenvalue weighted by atomic mass is 9.91. The summed E-state index contributed by atoms with van der Waals surface area (Å²) < 4.78 is 30.4. The van der Waals surface area contributed by atoms with Crippen LogP contribution in [-0.4, -0.2) is 22.8 Å². The van der Waals surface area contributed by atoms with Crippen LogP contribution in [0.1, 0.15) is 54.9 Å². The van der Waals surface area contributed by atoms with Crippen LogP contribution in [0.5, 0.6) is 11.5 Å². The Bertz CT molecular complexity index is 806. The van der Waals surface area contributed by atoms with E-state index in [-0.39, 0.29) is 17.5 Å². The maximum Gasteiger partial charge on any atom is 0.564 e. The molecule has 0 spiro atoms. The number of hydrogen-bond acceptors (Lipinski definition) is 3. The lowest BCUT2D eigenvalue weighted by Crippen LogP contribution is -2.43. The van der Waals surface area contributed by atoms with Crippen LogP contribution in [0.3, 0.4) is 0 Å². The molecule has 0 radical (unpaired) electrons. The summed E-state index contributed by atoms with van der Waals surface area (Å²) in [4.78, 5) is 2.18. The molecular formula is C24H35N2O3P. The first-order valence-electron chi connectivity index (χ1n) is 10.5. The maximum atomic E-state index is 13.9. The predicted octanol–water partition coefficient (Wildman–Crippen LogP) is 7.21. The molecule has 164 valence electrons. The molecule has 0 saturated heterocycles. The Balaban J connectivity index is 2.55. The molecular weight excluding hydrogens is 395 g/mol. The van der Waals surface area contributed by atoms with Gasteiger partial charge in [0.2, 0.25) is 0 Å². The van der Waals surface area contributed by atoms with Crippen molar-refractivity contribution >= 4 is 13.6 Å². The van der Waals surface area contributed by atoms with Gasteiger partial charge in [-0.1, -0.05) is 57.2 Å². The molecule has 0 aromatic heterocycles. The molecule has 0 unspecified atom stereocenters. The molecule has 0 heterocycles. The third-order valence-corrected chi connectivity index (χ3v) is 5.62. The first-order valence-corrected chi connectivity index (χ1v) is 12.0. The highest BCUT2D eigenvalue weighted by molar-refractivity contribution is 7.53. The van der Waals surface area contributed by atoms with E-state index in [2.05, 4.69) is 58.1 Å². The Kier molecular flexibility index (Phi) is 8.14. The van der Waals surface area contributed by atoms with Crippen molar-refractivity contribution < 1.29 is 13.6 Å². The zero-order chi connectivity index (χ0) is 22.4. The van der Waals surface area contributed by atoms with E-state index in [1.807, 2.05) is 36.4 Å². The summed E-state index contributed by atoms with van der Waals surface area (Å²) in [6.07, 6.45) is 0.643. The summed E-state index contributed by atoms with van der Waals surface area (Å²) in [5.41, 5.74) is -0.0504. The summed E-state index contributed by atoms with van der Waals surface area (Å²) in [5.74, 6) is 1.63. The quantitative estimate of drug-likeness (QED) is 0.252. The Morgan fingerprint density at radius 3 is 1.60 bits per heavy atom. The number of nitrogens with zero attached hydrogens (tertiary/aromatic N) is 2. The molecule has 0 fully saturated rings. The second kappa shape index (κ2) is 10.2. The number of benzene rings is 2. The van der Waals surface area contributed by atoms with E-state index in [1.165, 1.54) is 0 Å². The Hall–Kier alpha value is -2.26. The summed E-state index contributed by atoms with van der Waals surface area (Å²) in [7, 11) is -3.89. The van der Waals surface area contributed by atoms with Crippen LogP contribution >= 0.6 is 7.75 Å². The van der Waals surface area contributed by atoms with Gasteiger partial charge in [-0.15, -0.1) is 4.76 Å². The number of para-hydroxylation sites is 2. The van der Waals surface area contributed by atoms with Crippen LogP contribution in [0.2, 0.25) is 0 Å². The SMILES string of the molecule is CC(C)N(/C(CC(C)(C)C)=N\P(=O)(Oc1ccccc1)Oc1ccccc1)C(C)C.